The molecule has 1 aromatic heterocycles. The summed E-state index contributed by atoms with van der Waals surface area (Å²) in [4.78, 5) is 0. The van der Waals surface area contributed by atoms with Gasteiger partial charge < -0.3 is 4.74 Å². The van der Waals surface area contributed by atoms with Gasteiger partial charge in [-0.05, 0) is 35.5 Å². The molecule has 0 bridgehead atoms. The summed E-state index contributed by atoms with van der Waals surface area (Å²) in [7, 11) is -1.51. The lowest BCUT2D eigenvalue weighted by atomic mass is 10.1. The molecule has 3 aromatic carbocycles. The van der Waals surface area contributed by atoms with Crippen LogP contribution in [0, 0.1) is 0 Å². The summed E-state index contributed by atoms with van der Waals surface area (Å²) in [5.41, 5.74) is 1.79. The summed E-state index contributed by atoms with van der Waals surface area (Å²) in [5, 5.41) is 3.91. The van der Waals surface area contributed by atoms with Crippen LogP contribution in [0.4, 0.5) is 24.5 Å². The van der Waals surface area contributed by atoms with Crippen molar-refractivity contribution in [1.29, 1.82) is 0 Å². The number of rotatable bonds is 4. The summed E-state index contributed by atoms with van der Waals surface area (Å²) in [5.74, 6) is -0.226. The van der Waals surface area contributed by atoms with Crippen molar-refractivity contribution in [2.45, 2.75) is 26.0 Å². The maximum Gasteiger partial charge on any atom is 0.573 e. The molecule has 0 aliphatic carbocycles. The highest BCUT2D eigenvalue weighted by Gasteiger charge is 2.31. The molecule has 0 amide bonds. The molecule has 30 heavy (non-hydrogen) atoms. The summed E-state index contributed by atoms with van der Waals surface area (Å²) in [6, 6.07) is 18.7. The van der Waals surface area contributed by atoms with Crippen LogP contribution >= 0.6 is 34.2 Å². The van der Waals surface area contributed by atoms with E-state index in [2.05, 4.69) is 71.5 Å². The molecule has 0 aliphatic heterocycles. The Morgan fingerprint density at radius 1 is 0.867 bits per heavy atom. The molecular weight excluding hydrogens is 538 g/mol. The Morgan fingerprint density at radius 2 is 1.47 bits per heavy atom. The van der Waals surface area contributed by atoms with Gasteiger partial charge in [0.1, 0.15) is 5.75 Å². The van der Waals surface area contributed by atoms with Crippen molar-refractivity contribution in [1.82, 2.24) is 0 Å². The second-order valence-electron chi connectivity index (χ2n) is 8.01. The SMILES string of the molecule is C[Si](C)(C)c1cccc2c1sc1c(N(I)c3ccc(OC(F)(F)F)cc3)cccc12. The van der Waals surface area contributed by atoms with Crippen molar-refractivity contribution in [3.05, 3.63) is 60.7 Å². The van der Waals surface area contributed by atoms with Crippen LogP contribution in [0.25, 0.3) is 20.2 Å². The number of hydrogen-bond acceptors (Lipinski definition) is 3. The zero-order chi connectivity index (χ0) is 21.7. The minimum Gasteiger partial charge on any atom is -0.406 e. The second-order valence-corrected chi connectivity index (χ2v) is 15.0. The van der Waals surface area contributed by atoms with Crippen LogP contribution in [0.15, 0.2) is 60.7 Å². The highest BCUT2D eigenvalue weighted by Crippen LogP contribution is 2.43. The third-order valence-electron chi connectivity index (χ3n) is 4.82. The topological polar surface area (TPSA) is 12.5 Å². The average molecular weight is 557 g/mol. The molecule has 0 aliphatic rings. The van der Waals surface area contributed by atoms with E-state index in [0.29, 0.717) is 0 Å². The molecule has 2 nitrogen and oxygen atoms in total. The molecule has 0 fully saturated rings. The predicted molar refractivity (Wildman–Crippen MR) is 132 cm³/mol. The molecule has 4 rings (SSSR count). The Labute approximate surface area is 191 Å². The molecule has 1 heterocycles. The zero-order valence-electron chi connectivity index (χ0n) is 16.5. The summed E-state index contributed by atoms with van der Waals surface area (Å²) < 4.78 is 45.7. The van der Waals surface area contributed by atoms with Crippen molar-refractivity contribution in [2.24, 2.45) is 0 Å². The van der Waals surface area contributed by atoms with Crippen LogP contribution < -0.4 is 13.0 Å². The zero-order valence-corrected chi connectivity index (χ0v) is 20.5. The number of anilines is 2. The molecule has 0 atom stereocenters. The third-order valence-corrected chi connectivity index (χ3v) is 9.39. The number of ether oxygens (including phenoxy) is 1. The number of alkyl halides is 3. The first-order valence-electron chi connectivity index (χ1n) is 9.31. The van der Waals surface area contributed by atoms with E-state index in [1.54, 1.807) is 23.5 Å². The monoisotopic (exact) mass is 557 g/mol. The van der Waals surface area contributed by atoms with Gasteiger partial charge in [0.05, 0.1) is 47.0 Å². The molecule has 156 valence electrons. The van der Waals surface area contributed by atoms with Gasteiger partial charge in [0, 0.05) is 15.5 Å². The van der Waals surface area contributed by atoms with E-state index >= 15 is 0 Å². The van der Waals surface area contributed by atoms with E-state index in [0.717, 1.165) is 11.4 Å². The van der Waals surface area contributed by atoms with E-state index in [9.17, 15) is 13.2 Å². The number of fused-ring (bicyclic) bond motifs is 3. The van der Waals surface area contributed by atoms with Crippen molar-refractivity contribution in [3.63, 3.8) is 0 Å². The highest BCUT2D eigenvalue weighted by atomic mass is 127. The summed E-state index contributed by atoms with van der Waals surface area (Å²) in [6.45, 7) is 7.05. The van der Waals surface area contributed by atoms with Gasteiger partial charge in [-0.2, -0.15) is 0 Å². The van der Waals surface area contributed by atoms with Gasteiger partial charge in [-0.3, -0.25) is 3.11 Å². The minimum atomic E-state index is -4.69. The quantitative estimate of drug-likeness (QED) is 0.143. The number of hydrogen-bond donors (Lipinski definition) is 0. The van der Waals surface area contributed by atoms with Crippen molar-refractivity contribution in [2.75, 3.05) is 3.11 Å². The van der Waals surface area contributed by atoms with E-state index < -0.39 is 14.4 Å². The molecule has 0 radical (unpaired) electrons. The molecule has 0 N–H and O–H groups in total. The Hall–Kier alpha value is -1.78. The lowest BCUT2D eigenvalue weighted by molar-refractivity contribution is -0.274. The summed E-state index contributed by atoms with van der Waals surface area (Å²) in [6.07, 6.45) is -4.69. The largest absolute Gasteiger partial charge is 0.573 e. The van der Waals surface area contributed by atoms with Crippen LogP contribution in [0.5, 0.6) is 5.75 Å². The fourth-order valence-corrected chi connectivity index (χ4v) is 8.06. The minimum absolute atomic E-state index is 0.226. The number of nitrogens with zero attached hydrogens (tertiary/aromatic N) is 1. The first-order chi connectivity index (χ1) is 14.0. The second kappa shape index (κ2) is 7.72. The fourth-order valence-electron chi connectivity index (χ4n) is 3.47. The number of halogens is 4. The van der Waals surface area contributed by atoms with Crippen LogP contribution in [0.2, 0.25) is 19.6 Å². The lowest BCUT2D eigenvalue weighted by Gasteiger charge is -2.18. The van der Waals surface area contributed by atoms with Crippen LogP contribution in [0.1, 0.15) is 0 Å². The normalized spacial score (nSPS) is 12.5. The first-order valence-corrected chi connectivity index (χ1v) is 14.6. The van der Waals surface area contributed by atoms with Gasteiger partial charge in [-0.1, -0.05) is 50.0 Å². The van der Waals surface area contributed by atoms with Gasteiger partial charge in [0.25, 0.3) is 0 Å². The standard InChI is InChI=1S/C22H19F3INOSSi/c1-30(2,3)19-9-5-7-17-16-6-4-8-18(20(16)29-21(17)19)27(26)14-10-12-15(13-11-14)28-22(23,24)25/h4-13H,1-3H3. The van der Waals surface area contributed by atoms with Crippen LogP contribution in [-0.4, -0.2) is 14.4 Å². The molecule has 0 unspecified atom stereocenters. The van der Waals surface area contributed by atoms with Gasteiger partial charge in [0.2, 0.25) is 0 Å². The third kappa shape index (κ3) is 4.17. The Morgan fingerprint density at radius 3 is 2.07 bits per heavy atom. The smallest absolute Gasteiger partial charge is 0.406 e. The van der Waals surface area contributed by atoms with E-state index in [1.165, 1.54) is 37.5 Å². The molecule has 8 heteroatoms. The maximum atomic E-state index is 12.4. The molecular formula is C22H19F3INOSSi. The van der Waals surface area contributed by atoms with Gasteiger partial charge >= 0.3 is 6.36 Å². The lowest BCUT2D eigenvalue weighted by Crippen LogP contribution is -2.37. The fraction of sp³-hybridized carbons (Fsp3) is 0.182. The number of benzene rings is 3. The first kappa shape index (κ1) is 21.4. The maximum absolute atomic E-state index is 12.4. The summed E-state index contributed by atoms with van der Waals surface area (Å²) >= 11 is 3.99. The average Bonchev–Trinajstić information content (AvgIpc) is 3.04. The Bertz CT molecular complexity index is 1220. The van der Waals surface area contributed by atoms with Crippen LogP contribution in [0.3, 0.4) is 0 Å². The van der Waals surface area contributed by atoms with E-state index in [-0.39, 0.29) is 5.75 Å². The van der Waals surface area contributed by atoms with Gasteiger partial charge in [-0.25, -0.2) is 0 Å². The molecule has 0 spiro atoms. The Kier molecular flexibility index (Phi) is 5.52. The van der Waals surface area contributed by atoms with E-state index in [1.807, 2.05) is 15.2 Å². The predicted octanol–water partition coefficient (Wildman–Crippen LogP) is 7.99. The van der Waals surface area contributed by atoms with Crippen molar-refractivity contribution < 1.29 is 17.9 Å². The number of thiophene rings is 1. The molecule has 4 aromatic rings. The van der Waals surface area contributed by atoms with Crippen LogP contribution in [-0.2, 0) is 0 Å². The van der Waals surface area contributed by atoms with Crippen molar-refractivity contribution >= 4 is 79.0 Å². The Balaban J connectivity index is 1.79. The molecule has 0 saturated heterocycles. The highest BCUT2D eigenvalue weighted by molar-refractivity contribution is 14.1. The molecule has 0 saturated carbocycles. The van der Waals surface area contributed by atoms with E-state index in [4.69, 9.17) is 0 Å². The van der Waals surface area contributed by atoms with Gasteiger partial charge in [0.15, 0.2) is 0 Å². The van der Waals surface area contributed by atoms with Gasteiger partial charge in [-0.15, -0.1) is 24.5 Å². The van der Waals surface area contributed by atoms with Crippen molar-refractivity contribution in [3.8, 4) is 5.75 Å².